The third kappa shape index (κ3) is 2.24. The van der Waals surface area contributed by atoms with Gasteiger partial charge in [-0.05, 0) is 24.3 Å². The molecule has 0 spiro atoms. The van der Waals surface area contributed by atoms with Crippen LogP contribution in [0, 0.1) is 12.3 Å². The third-order valence-corrected chi connectivity index (χ3v) is 1.86. The van der Waals surface area contributed by atoms with Gasteiger partial charge in [0.1, 0.15) is 18.5 Å². The van der Waals surface area contributed by atoms with Crippen molar-refractivity contribution in [3.05, 3.63) is 29.8 Å². The Morgan fingerprint density at radius 2 is 2.15 bits per heavy atom. The Hall–Kier alpha value is -1.46. The molecule has 0 N–H and O–H groups in total. The first-order valence-electron chi connectivity index (χ1n) is 4.19. The normalized spacial score (nSPS) is 19.2. The molecular formula is C11H10O2. The van der Waals surface area contributed by atoms with Gasteiger partial charge in [-0.1, -0.05) is 5.92 Å². The van der Waals surface area contributed by atoms with E-state index in [0.29, 0.717) is 12.7 Å². The Morgan fingerprint density at radius 1 is 1.46 bits per heavy atom. The fraction of sp³-hybridized carbons (Fsp3) is 0.273. The van der Waals surface area contributed by atoms with Crippen molar-refractivity contribution in [2.24, 2.45) is 0 Å². The second-order valence-corrected chi connectivity index (χ2v) is 2.94. The van der Waals surface area contributed by atoms with Crippen molar-refractivity contribution < 1.29 is 9.47 Å². The molecule has 66 valence electrons. The van der Waals surface area contributed by atoms with Gasteiger partial charge < -0.3 is 9.47 Å². The predicted octanol–water partition coefficient (Wildman–Crippen LogP) is 1.45. The smallest absolute Gasteiger partial charge is 0.119 e. The second kappa shape index (κ2) is 3.51. The summed E-state index contributed by atoms with van der Waals surface area (Å²) < 4.78 is 10.5. The quantitative estimate of drug-likeness (QED) is 0.511. The Kier molecular flexibility index (Phi) is 2.20. The molecule has 1 unspecified atom stereocenters. The topological polar surface area (TPSA) is 21.8 Å². The molecule has 0 aromatic heterocycles. The summed E-state index contributed by atoms with van der Waals surface area (Å²) in [5.74, 6) is 3.39. The maximum Gasteiger partial charge on any atom is 0.119 e. The minimum atomic E-state index is 0.298. The van der Waals surface area contributed by atoms with Crippen LogP contribution in [0.25, 0.3) is 0 Å². The molecule has 1 fully saturated rings. The van der Waals surface area contributed by atoms with E-state index in [4.69, 9.17) is 15.9 Å². The highest BCUT2D eigenvalue weighted by Crippen LogP contribution is 2.15. The van der Waals surface area contributed by atoms with Crippen molar-refractivity contribution in [1.29, 1.82) is 0 Å². The highest BCUT2D eigenvalue weighted by molar-refractivity contribution is 5.36. The van der Waals surface area contributed by atoms with Crippen molar-refractivity contribution in [3.63, 3.8) is 0 Å². The van der Waals surface area contributed by atoms with Gasteiger partial charge >= 0.3 is 0 Å². The molecule has 13 heavy (non-hydrogen) atoms. The van der Waals surface area contributed by atoms with Crippen molar-refractivity contribution in [1.82, 2.24) is 0 Å². The van der Waals surface area contributed by atoms with E-state index in [-0.39, 0.29) is 0 Å². The lowest BCUT2D eigenvalue weighted by atomic mass is 10.2. The van der Waals surface area contributed by atoms with Crippen molar-refractivity contribution in [3.8, 4) is 18.1 Å². The summed E-state index contributed by atoms with van der Waals surface area (Å²) in [4.78, 5) is 0. The number of benzene rings is 1. The SMILES string of the molecule is C#Cc1ccc(OCC2CO2)cc1. The lowest BCUT2D eigenvalue weighted by Crippen LogP contribution is -2.03. The molecule has 2 nitrogen and oxygen atoms in total. The molecule has 1 aliphatic rings. The molecule has 0 amide bonds. The van der Waals surface area contributed by atoms with E-state index in [1.54, 1.807) is 0 Å². The Balaban J connectivity index is 1.93. The van der Waals surface area contributed by atoms with E-state index >= 15 is 0 Å². The molecule has 0 aliphatic carbocycles. The zero-order valence-electron chi connectivity index (χ0n) is 7.19. The van der Waals surface area contributed by atoms with Crippen LogP contribution in [0.15, 0.2) is 24.3 Å². The van der Waals surface area contributed by atoms with Crippen LogP contribution in [0.5, 0.6) is 5.75 Å². The van der Waals surface area contributed by atoms with E-state index in [1.807, 2.05) is 24.3 Å². The zero-order valence-corrected chi connectivity index (χ0v) is 7.19. The molecule has 1 aliphatic heterocycles. The van der Waals surface area contributed by atoms with Gasteiger partial charge in [-0.25, -0.2) is 0 Å². The monoisotopic (exact) mass is 174 g/mol. The third-order valence-electron chi connectivity index (χ3n) is 1.86. The van der Waals surface area contributed by atoms with Gasteiger partial charge in [0, 0.05) is 5.56 Å². The van der Waals surface area contributed by atoms with Gasteiger partial charge in [-0.3, -0.25) is 0 Å². The van der Waals surface area contributed by atoms with Crippen molar-refractivity contribution in [2.45, 2.75) is 6.10 Å². The van der Waals surface area contributed by atoms with E-state index in [9.17, 15) is 0 Å². The lowest BCUT2D eigenvalue weighted by Gasteiger charge is -2.02. The minimum Gasteiger partial charge on any atom is -0.491 e. The van der Waals surface area contributed by atoms with Gasteiger partial charge in [0.2, 0.25) is 0 Å². The number of rotatable bonds is 3. The molecule has 1 aromatic rings. The van der Waals surface area contributed by atoms with Crippen LogP contribution in [0.4, 0.5) is 0 Å². The van der Waals surface area contributed by atoms with Crippen LogP contribution in [0.3, 0.4) is 0 Å². The number of ether oxygens (including phenoxy) is 2. The second-order valence-electron chi connectivity index (χ2n) is 2.94. The van der Waals surface area contributed by atoms with Crippen molar-refractivity contribution in [2.75, 3.05) is 13.2 Å². The molecule has 1 atom stereocenters. The zero-order chi connectivity index (χ0) is 9.10. The van der Waals surface area contributed by atoms with Crippen LogP contribution >= 0.6 is 0 Å². The summed E-state index contributed by atoms with van der Waals surface area (Å²) in [5.41, 5.74) is 0.870. The number of terminal acetylenes is 1. The summed E-state index contributed by atoms with van der Waals surface area (Å²) in [6, 6.07) is 7.47. The van der Waals surface area contributed by atoms with Crippen LogP contribution in [0.2, 0.25) is 0 Å². The molecule has 0 bridgehead atoms. The highest BCUT2D eigenvalue weighted by Gasteiger charge is 2.22. The van der Waals surface area contributed by atoms with Gasteiger partial charge in [0.25, 0.3) is 0 Å². The molecule has 1 saturated heterocycles. The molecule has 0 radical (unpaired) electrons. The molecule has 1 aromatic carbocycles. The van der Waals surface area contributed by atoms with Gasteiger partial charge in [0.05, 0.1) is 6.61 Å². The van der Waals surface area contributed by atoms with Crippen LogP contribution < -0.4 is 4.74 Å². The Bertz CT molecular complexity index is 317. The first-order chi connectivity index (χ1) is 6.38. The van der Waals surface area contributed by atoms with Crippen LogP contribution in [-0.4, -0.2) is 19.3 Å². The minimum absolute atomic E-state index is 0.298. The highest BCUT2D eigenvalue weighted by atomic mass is 16.6. The Morgan fingerprint density at radius 3 is 2.69 bits per heavy atom. The average Bonchev–Trinajstić information content (AvgIpc) is 2.99. The van der Waals surface area contributed by atoms with E-state index in [2.05, 4.69) is 5.92 Å². The number of epoxide rings is 1. The lowest BCUT2D eigenvalue weighted by molar-refractivity contribution is 0.263. The van der Waals surface area contributed by atoms with E-state index < -0.39 is 0 Å². The van der Waals surface area contributed by atoms with E-state index in [1.165, 1.54) is 0 Å². The first-order valence-corrected chi connectivity index (χ1v) is 4.19. The molecule has 0 saturated carbocycles. The summed E-state index contributed by atoms with van der Waals surface area (Å²) in [5, 5.41) is 0. The molecule has 1 heterocycles. The van der Waals surface area contributed by atoms with Gasteiger partial charge in [-0.2, -0.15) is 0 Å². The largest absolute Gasteiger partial charge is 0.491 e. The van der Waals surface area contributed by atoms with Crippen LogP contribution in [-0.2, 0) is 4.74 Å². The molecule has 2 rings (SSSR count). The van der Waals surface area contributed by atoms with E-state index in [0.717, 1.165) is 17.9 Å². The first kappa shape index (κ1) is 8.15. The molecule has 2 heteroatoms. The average molecular weight is 174 g/mol. The summed E-state index contributed by atoms with van der Waals surface area (Å²) in [6.45, 7) is 1.46. The maximum atomic E-state index is 5.44. The van der Waals surface area contributed by atoms with Crippen molar-refractivity contribution >= 4 is 0 Å². The molecular weight excluding hydrogens is 164 g/mol. The standard InChI is InChI=1S/C11H10O2/c1-2-9-3-5-10(6-4-9)12-7-11-8-13-11/h1,3-6,11H,7-8H2. The van der Waals surface area contributed by atoms with Gasteiger partial charge in [0.15, 0.2) is 0 Å². The van der Waals surface area contributed by atoms with Crippen LogP contribution in [0.1, 0.15) is 5.56 Å². The maximum absolute atomic E-state index is 5.44. The summed E-state index contributed by atoms with van der Waals surface area (Å²) in [7, 11) is 0. The number of hydrogen-bond acceptors (Lipinski definition) is 2. The summed E-state index contributed by atoms with van der Waals surface area (Å²) >= 11 is 0. The fourth-order valence-electron chi connectivity index (χ4n) is 1.00. The Labute approximate surface area is 77.5 Å². The fourth-order valence-corrected chi connectivity index (χ4v) is 1.00. The number of hydrogen-bond donors (Lipinski definition) is 0. The summed E-state index contributed by atoms with van der Waals surface area (Å²) in [6.07, 6.45) is 5.52. The predicted molar refractivity (Wildman–Crippen MR) is 49.6 cm³/mol. The van der Waals surface area contributed by atoms with Gasteiger partial charge in [-0.15, -0.1) is 6.42 Å².